The highest BCUT2D eigenvalue weighted by Crippen LogP contribution is 2.25. The van der Waals surface area contributed by atoms with Crippen molar-refractivity contribution in [2.24, 2.45) is 0 Å². The molecule has 0 bridgehead atoms. The number of benzene rings is 1. The van der Waals surface area contributed by atoms with E-state index in [0.29, 0.717) is 6.01 Å². The predicted octanol–water partition coefficient (Wildman–Crippen LogP) is 2.94. The van der Waals surface area contributed by atoms with E-state index in [-0.39, 0.29) is 12.7 Å². The van der Waals surface area contributed by atoms with Crippen molar-refractivity contribution in [1.82, 2.24) is 14.9 Å². The summed E-state index contributed by atoms with van der Waals surface area (Å²) in [6.07, 6.45) is 5.56. The normalized spacial score (nSPS) is 16.2. The van der Waals surface area contributed by atoms with Gasteiger partial charge in [0.1, 0.15) is 6.10 Å². The largest absolute Gasteiger partial charge is 0.460 e. The minimum atomic E-state index is 0.109. The van der Waals surface area contributed by atoms with Crippen LogP contribution in [-0.2, 0) is 13.2 Å². The number of nitrogens with zero attached hydrogens (tertiary/aromatic N) is 3. The Bertz CT molecular complexity index is 711. The number of hydrogen-bond acceptors (Lipinski definition) is 5. The van der Waals surface area contributed by atoms with Crippen LogP contribution in [0.4, 0.5) is 0 Å². The van der Waals surface area contributed by atoms with Gasteiger partial charge in [0.15, 0.2) is 0 Å². The van der Waals surface area contributed by atoms with Crippen molar-refractivity contribution < 1.29 is 9.84 Å². The molecular formula is C20H27N3O2. The summed E-state index contributed by atoms with van der Waals surface area (Å²) < 4.78 is 5.87. The Morgan fingerprint density at radius 2 is 1.72 bits per heavy atom. The summed E-state index contributed by atoms with van der Waals surface area (Å²) >= 11 is 0. The van der Waals surface area contributed by atoms with Crippen LogP contribution in [0.1, 0.15) is 40.7 Å². The lowest BCUT2D eigenvalue weighted by atomic mass is 9.93. The highest BCUT2D eigenvalue weighted by Gasteiger charge is 2.22. The maximum absolute atomic E-state index is 9.65. The molecular weight excluding hydrogens is 314 g/mol. The van der Waals surface area contributed by atoms with Crippen molar-refractivity contribution in [3.05, 3.63) is 52.3 Å². The van der Waals surface area contributed by atoms with Gasteiger partial charge in [0.2, 0.25) is 0 Å². The molecule has 5 heteroatoms. The van der Waals surface area contributed by atoms with E-state index in [2.05, 4.69) is 41.7 Å². The van der Waals surface area contributed by atoms with Gasteiger partial charge in [-0.05, 0) is 67.5 Å². The molecule has 2 heterocycles. The standard InChI is InChI=1S/C20H27N3O2/c1-14-11-15(2)19(13-24)16(3)18(14)12-23-9-5-17(6-10-23)25-20-21-7-4-8-22-20/h4,7-8,11,17,24H,5-6,9-10,12-13H2,1-3H3. The van der Waals surface area contributed by atoms with Gasteiger partial charge >= 0.3 is 6.01 Å². The fourth-order valence-electron chi connectivity index (χ4n) is 3.66. The van der Waals surface area contributed by atoms with Crippen molar-refractivity contribution in [1.29, 1.82) is 0 Å². The number of aryl methyl sites for hydroxylation is 2. The lowest BCUT2D eigenvalue weighted by Gasteiger charge is -2.32. The number of piperidine rings is 1. The van der Waals surface area contributed by atoms with Gasteiger partial charge in [-0.15, -0.1) is 0 Å². The lowest BCUT2D eigenvalue weighted by Crippen LogP contribution is -2.38. The molecule has 5 nitrogen and oxygen atoms in total. The Kier molecular flexibility index (Phi) is 5.66. The molecule has 25 heavy (non-hydrogen) atoms. The van der Waals surface area contributed by atoms with E-state index in [1.165, 1.54) is 22.3 Å². The van der Waals surface area contributed by atoms with Crippen molar-refractivity contribution in [2.45, 2.75) is 52.9 Å². The minimum Gasteiger partial charge on any atom is -0.460 e. The minimum absolute atomic E-state index is 0.109. The second-order valence-electron chi connectivity index (χ2n) is 6.88. The third kappa shape index (κ3) is 4.17. The summed E-state index contributed by atoms with van der Waals surface area (Å²) in [5.74, 6) is 0. The second-order valence-corrected chi connectivity index (χ2v) is 6.88. The Morgan fingerprint density at radius 3 is 2.36 bits per heavy atom. The van der Waals surface area contributed by atoms with Crippen LogP contribution in [0.5, 0.6) is 6.01 Å². The first-order valence-corrected chi connectivity index (χ1v) is 8.94. The Morgan fingerprint density at radius 1 is 1.08 bits per heavy atom. The molecule has 0 radical (unpaired) electrons. The van der Waals surface area contributed by atoms with Crippen LogP contribution in [-0.4, -0.2) is 39.2 Å². The van der Waals surface area contributed by atoms with Gasteiger partial charge in [-0.1, -0.05) is 6.07 Å². The fraction of sp³-hybridized carbons (Fsp3) is 0.500. The Labute approximate surface area is 149 Å². The van der Waals surface area contributed by atoms with Crippen molar-refractivity contribution in [3.8, 4) is 6.01 Å². The molecule has 1 fully saturated rings. The van der Waals surface area contributed by atoms with Crippen LogP contribution in [0, 0.1) is 20.8 Å². The highest BCUT2D eigenvalue weighted by atomic mass is 16.5. The summed E-state index contributed by atoms with van der Waals surface area (Å²) in [6.45, 7) is 9.40. The summed E-state index contributed by atoms with van der Waals surface area (Å²) in [7, 11) is 0. The number of ether oxygens (including phenoxy) is 1. The molecule has 0 saturated carbocycles. The smallest absolute Gasteiger partial charge is 0.316 e. The molecule has 0 unspecified atom stereocenters. The molecule has 134 valence electrons. The van der Waals surface area contributed by atoms with E-state index >= 15 is 0 Å². The first kappa shape index (κ1) is 17.8. The first-order valence-electron chi connectivity index (χ1n) is 8.94. The topological polar surface area (TPSA) is 58.5 Å². The fourth-order valence-corrected chi connectivity index (χ4v) is 3.66. The van der Waals surface area contributed by atoms with Crippen molar-refractivity contribution in [3.63, 3.8) is 0 Å². The number of aliphatic hydroxyl groups excluding tert-OH is 1. The van der Waals surface area contributed by atoms with Gasteiger partial charge in [0, 0.05) is 32.0 Å². The van der Waals surface area contributed by atoms with Gasteiger partial charge in [-0.2, -0.15) is 0 Å². The van der Waals surface area contributed by atoms with Gasteiger partial charge in [-0.3, -0.25) is 4.90 Å². The van der Waals surface area contributed by atoms with E-state index in [9.17, 15) is 5.11 Å². The van der Waals surface area contributed by atoms with Crippen LogP contribution in [0.2, 0.25) is 0 Å². The zero-order chi connectivity index (χ0) is 17.8. The monoisotopic (exact) mass is 341 g/mol. The summed E-state index contributed by atoms with van der Waals surface area (Å²) in [5, 5.41) is 9.65. The van der Waals surface area contributed by atoms with E-state index in [4.69, 9.17) is 4.74 Å². The molecule has 0 aliphatic carbocycles. The van der Waals surface area contributed by atoms with Gasteiger partial charge < -0.3 is 9.84 Å². The van der Waals surface area contributed by atoms with Crippen molar-refractivity contribution >= 4 is 0 Å². The number of rotatable bonds is 5. The molecule has 1 saturated heterocycles. The molecule has 1 aliphatic rings. The third-order valence-electron chi connectivity index (χ3n) is 5.18. The molecule has 1 aliphatic heterocycles. The predicted molar refractivity (Wildman–Crippen MR) is 97.5 cm³/mol. The zero-order valence-corrected chi connectivity index (χ0v) is 15.3. The maximum atomic E-state index is 9.65. The number of aromatic nitrogens is 2. The summed E-state index contributed by atoms with van der Waals surface area (Å²) in [6, 6.07) is 4.46. The highest BCUT2D eigenvalue weighted by molar-refractivity contribution is 5.44. The maximum Gasteiger partial charge on any atom is 0.316 e. The van der Waals surface area contributed by atoms with Crippen molar-refractivity contribution in [2.75, 3.05) is 13.1 Å². The Hall–Kier alpha value is -1.98. The molecule has 0 amide bonds. The average Bonchev–Trinajstić information content (AvgIpc) is 2.61. The third-order valence-corrected chi connectivity index (χ3v) is 5.18. The number of likely N-dealkylation sites (tertiary alicyclic amines) is 1. The van der Waals surface area contributed by atoms with Gasteiger partial charge in [0.05, 0.1) is 6.61 Å². The average molecular weight is 341 g/mol. The molecule has 2 aromatic rings. The molecule has 0 spiro atoms. The van der Waals surface area contributed by atoms with Crippen LogP contribution >= 0.6 is 0 Å². The van der Waals surface area contributed by atoms with Crippen LogP contribution in [0.15, 0.2) is 24.5 Å². The number of hydrogen-bond donors (Lipinski definition) is 1. The molecule has 1 aromatic heterocycles. The quantitative estimate of drug-likeness (QED) is 0.906. The Balaban J connectivity index is 1.61. The zero-order valence-electron chi connectivity index (χ0n) is 15.3. The molecule has 1 aromatic carbocycles. The van der Waals surface area contributed by atoms with Gasteiger partial charge in [-0.25, -0.2) is 9.97 Å². The van der Waals surface area contributed by atoms with Gasteiger partial charge in [0.25, 0.3) is 0 Å². The SMILES string of the molecule is Cc1cc(C)c(CN2CCC(Oc3ncccn3)CC2)c(C)c1CO. The second kappa shape index (κ2) is 7.93. The van der Waals surface area contributed by atoms with E-state index in [1.54, 1.807) is 18.5 Å². The molecule has 1 N–H and O–H groups in total. The molecule has 3 rings (SSSR count). The summed E-state index contributed by atoms with van der Waals surface area (Å²) in [4.78, 5) is 10.7. The van der Waals surface area contributed by atoms with E-state index < -0.39 is 0 Å². The van der Waals surface area contributed by atoms with Crippen LogP contribution in [0.3, 0.4) is 0 Å². The molecule has 0 atom stereocenters. The first-order chi connectivity index (χ1) is 12.1. The van der Waals surface area contributed by atoms with Crippen LogP contribution < -0.4 is 4.74 Å². The number of aliphatic hydroxyl groups is 1. The van der Waals surface area contributed by atoms with Crippen LogP contribution in [0.25, 0.3) is 0 Å². The van der Waals surface area contributed by atoms with E-state index in [0.717, 1.165) is 38.0 Å². The summed E-state index contributed by atoms with van der Waals surface area (Å²) in [5.41, 5.74) is 6.14. The van der Waals surface area contributed by atoms with E-state index in [1.807, 2.05) is 0 Å². The lowest BCUT2D eigenvalue weighted by molar-refractivity contribution is 0.0890.